The largest absolute Gasteiger partial charge is 0.472 e. The molecule has 3 fully saturated rings. The first-order valence-electron chi connectivity index (χ1n) is 19.5. The molecule has 4 heterocycles. The first kappa shape index (κ1) is 45.6. The minimum atomic E-state index is -3.00. The van der Waals surface area contributed by atoms with E-state index in [1.165, 1.54) is 31.3 Å². The van der Waals surface area contributed by atoms with Crippen molar-refractivity contribution < 1.29 is 95.6 Å². The lowest BCUT2D eigenvalue weighted by atomic mass is 9.45. The fourth-order valence-corrected chi connectivity index (χ4v) is 9.53. The number of pyridine rings is 1. The number of carbonyl (C=O) groups is 8. The van der Waals surface area contributed by atoms with E-state index in [9.17, 15) is 48.6 Å². The quantitative estimate of drug-likeness (QED) is 0.275. The Bertz CT molecular complexity index is 2150. The molecule has 4 bridgehead atoms. The highest BCUT2D eigenvalue weighted by atomic mass is 16.7. The van der Waals surface area contributed by atoms with E-state index < -0.39 is 138 Å². The van der Waals surface area contributed by atoms with E-state index in [2.05, 4.69) is 4.98 Å². The molecule has 2 aromatic rings. The lowest BCUT2D eigenvalue weighted by Gasteiger charge is -2.67. The van der Waals surface area contributed by atoms with Gasteiger partial charge in [-0.25, -0.2) is 14.4 Å². The van der Waals surface area contributed by atoms with Gasteiger partial charge in [-0.1, -0.05) is 0 Å². The highest BCUT2D eigenvalue weighted by molar-refractivity contribution is 5.91. The first-order valence-corrected chi connectivity index (χ1v) is 19.5. The van der Waals surface area contributed by atoms with Crippen LogP contribution in [-0.2, 0) is 77.8 Å². The Hall–Kier alpha value is -5.93. The molecule has 7 unspecified atom stereocenters. The van der Waals surface area contributed by atoms with Gasteiger partial charge in [-0.3, -0.25) is 29.0 Å². The van der Waals surface area contributed by atoms with Crippen LogP contribution < -0.4 is 0 Å². The van der Waals surface area contributed by atoms with Crippen LogP contribution in [0.5, 0.6) is 0 Å². The van der Waals surface area contributed by atoms with Gasteiger partial charge < -0.3 is 57.3 Å². The van der Waals surface area contributed by atoms with E-state index in [0.29, 0.717) is 0 Å². The van der Waals surface area contributed by atoms with Gasteiger partial charge in [0.1, 0.15) is 48.3 Å². The van der Waals surface area contributed by atoms with Crippen molar-refractivity contribution in [1.29, 1.82) is 0 Å². The number of hydrogen-bond donors (Lipinski definition) is 2. The summed E-state index contributed by atoms with van der Waals surface area (Å²) in [6, 6.07) is 3.99. The molecule has 2 aliphatic heterocycles. The summed E-state index contributed by atoms with van der Waals surface area (Å²) in [6.45, 7) is 6.25. The monoisotopic (exact) mass is 873 g/mol. The molecule has 21 heteroatoms. The van der Waals surface area contributed by atoms with Crippen molar-refractivity contribution in [3.05, 3.63) is 53.7 Å². The maximum atomic E-state index is 14.4. The summed E-state index contributed by atoms with van der Waals surface area (Å²) in [5.74, 6) is -10.7. The predicted octanol–water partition coefficient (Wildman–Crippen LogP) is 0.864. The summed E-state index contributed by atoms with van der Waals surface area (Å²) in [4.78, 5) is 113. The highest BCUT2D eigenvalue weighted by Gasteiger charge is 2.92. The van der Waals surface area contributed by atoms with Crippen molar-refractivity contribution in [1.82, 2.24) is 4.98 Å². The Balaban J connectivity index is 1.79. The molecule has 2 N–H and O–H groups in total. The van der Waals surface area contributed by atoms with E-state index in [4.69, 9.17) is 47.0 Å². The summed E-state index contributed by atoms with van der Waals surface area (Å²) < 4.78 is 59.6. The molecule has 2 aliphatic carbocycles. The number of carbonyl (C=O) groups excluding carboxylic acids is 8. The number of furan rings is 1. The van der Waals surface area contributed by atoms with E-state index in [1.54, 1.807) is 0 Å². The number of aliphatic hydroxyl groups is 2. The number of aromatic nitrogens is 1. The van der Waals surface area contributed by atoms with E-state index >= 15 is 0 Å². The third-order valence-electron chi connectivity index (χ3n) is 11.9. The minimum Gasteiger partial charge on any atom is -0.472 e. The van der Waals surface area contributed by atoms with E-state index in [1.807, 2.05) is 0 Å². The molecule has 0 radical (unpaired) electrons. The van der Waals surface area contributed by atoms with Crippen molar-refractivity contribution in [3.8, 4) is 0 Å². The van der Waals surface area contributed by atoms with Gasteiger partial charge in [0.15, 0.2) is 35.6 Å². The standard InChI is InChI=1S/C41H47NO20/c1-19(43)54-18-40-32(58-22(4)46)28(56-20(2)44)27-30(57-21(3)45)41(40)39(8,52)31(29(33(40)59-23(5)47)60-34(48)24-12-15-53-16-24)61-36(50)37(6,51)13-11-26-25(10-9-14-42-26)35(49)55-17-38(27,7)62-41/h9-10,12,14-16,27-33,51-52H,11,13,17-18H2,1-8H3/t27?,28?,29?,30?,31?,32?,33?,37-,38+,39+,40-,41+/m1/s1. The van der Waals surface area contributed by atoms with Crippen LogP contribution in [-0.4, -0.2) is 135 Å². The summed E-state index contributed by atoms with van der Waals surface area (Å²) >= 11 is 0. The summed E-state index contributed by atoms with van der Waals surface area (Å²) in [6.07, 6.45) is -10.1. The number of esters is 8. The van der Waals surface area contributed by atoms with Crippen LogP contribution in [0.25, 0.3) is 0 Å². The van der Waals surface area contributed by atoms with Gasteiger partial charge in [0, 0.05) is 40.8 Å². The zero-order valence-electron chi connectivity index (χ0n) is 35.0. The number of rotatable bonds is 8. The van der Waals surface area contributed by atoms with Gasteiger partial charge in [0.25, 0.3) is 0 Å². The van der Waals surface area contributed by atoms with Gasteiger partial charge in [0.05, 0.1) is 29.0 Å². The van der Waals surface area contributed by atoms with Crippen molar-refractivity contribution >= 4 is 47.8 Å². The molecule has 2 saturated carbocycles. The lowest BCUT2D eigenvalue weighted by Crippen LogP contribution is -2.89. The Morgan fingerprint density at radius 3 is 2.00 bits per heavy atom. The second-order valence-electron chi connectivity index (χ2n) is 16.4. The summed E-state index contributed by atoms with van der Waals surface area (Å²) in [5.41, 5.74) is -13.5. The molecular formula is C41H47NO20. The van der Waals surface area contributed by atoms with Crippen LogP contribution in [0.15, 0.2) is 41.3 Å². The normalized spacial score (nSPS) is 36.3. The molecular weight excluding hydrogens is 826 g/mol. The molecule has 62 heavy (non-hydrogen) atoms. The van der Waals surface area contributed by atoms with Crippen LogP contribution in [0.3, 0.4) is 0 Å². The Labute approximate surface area is 353 Å². The van der Waals surface area contributed by atoms with Gasteiger partial charge in [0.2, 0.25) is 0 Å². The number of fused-ring (bicyclic) bond motifs is 5. The predicted molar refractivity (Wildman–Crippen MR) is 199 cm³/mol. The van der Waals surface area contributed by atoms with E-state index in [0.717, 1.165) is 61.0 Å². The number of nitrogens with zero attached hydrogens (tertiary/aromatic N) is 1. The molecule has 12 atom stereocenters. The van der Waals surface area contributed by atoms with Crippen LogP contribution in [0.2, 0.25) is 0 Å². The molecule has 336 valence electrons. The molecule has 1 spiro atoms. The third-order valence-corrected chi connectivity index (χ3v) is 11.9. The van der Waals surface area contributed by atoms with Crippen molar-refractivity contribution in [2.45, 2.75) is 127 Å². The third kappa shape index (κ3) is 7.54. The number of hydrogen-bond acceptors (Lipinski definition) is 21. The topological polar surface area (TPSA) is 286 Å². The molecule has 0 aromatic carbocycles. The zero-order valence-corrected chi connectivity index (χ0v) is 35.0. The van der Waals surface area contributed by atoms with Crippen LogP contribution >= 0.6 is 0 Å². The fourth-order valence-electron chi connectivity index (χ4n) is 9.53. The average molecular weight is 874 g/mol. The summed E-state index contributed by atoms with van der Waals surface area (Å²) in [7, 11) is 0. The second-order valence-corrected chi connectivity index (χ2v) is 16.4. The van der Waals surface area contributed by atoms with Crippen LogP contribution in [0.4, 0.5) is 0 Å². The van der Waals surface area contributed by atoms with E-state index in [-0.39, 0.29) is 23.2 Å². The van der Waals surface area contributed by atoms with Crippen LogP contribution in [0, 0.1) is 11.3 Å². The van der Waals surface area contributed by atoms with Crippen molar-refractivity contribution in [2.24, 2.45) is 11.3 Å². The average Bonchev–Trinajstić information content (AvgIpc) is 3.79. The Kier molecular flexibility index (Phi) is 12.1. The van der Waals surface area contributed by atoms with Gasteiger partial charge >= 0.3 is 47.8 Å². The van der Waals surface area contributed by atoms with Crippen molar-refractivity contribution in [3.63, 3.8) is 0 Å². The molecule has 0 amide bonds. The molecule has 2 aromatic heterocycles. The second kappa shape index (κ2) is 16.4. The minimum absolute atomic E-state index is 0.0776. The number of ether oxygens (including phenoxy) is 9. The fraction of sp³-hybridized carbons (Fsp3) is 0.585. The number of cyclic esters (lactones) is 1. The molecule has 6 rings (SSSR count). The SMILES string of the molecule is CC(=O)OC[C@@]12C(OC(C)=O)C(OC(=O)c3ccoc3)C3OC(=O)[C@](C)(O)CCc4ncccc4C(=O)OC[C@]4(C)O[C@@]1(C(OC(C)=O)C4C(OC(C)=O)C2OC(C)=O)[C@@]3(C)O. The first-order chi connectivity index (χ1) is 28.9. The summed E-state index contributed by atoms with van der Waals surface area (Å²) in [5, 5.41) is 25.3. The van der Waals surface area contributed by atoms with Gasteiger partial charge in [-0.05, 0) is 51.8 Å². The highest BCUT2D eigenvalue weighted by Crippen LogP contribution is 2.70. The lowest BCUT2D eigenvalue weighted by molar-refractivity contribution is -0.386. The zero-order chi connectivity index (χ0) is 45.7. The van der Waals surface area contributed by atoms with Gasteiger partial charge in [-0.2, -0.15) is 0 Å². The maximum absolute atomic E-state index is 14.4. The Morgan fingerprint density at radius 1 is 0.806 bits per heavy atom. The van der Waals surface area contributed by atoms with Crippen molar-refractivity contribution in [2.75, 3.05) is 13.2 Å². The molecule has 1 saturated heterocycles. The maximum Gasteiger partial charge on any atom is 0.341 e. The van der Waals surface area contributed by atoms with Gasteiger partial charge in [-0.15, -0.1) is 0 Å². The molecule has 21 nitrogen and oxygen atoms in total. The smallest absolute Gasteiger partial charge is 0.341 e. The number of aryl methyl sites for hydroxylation is 1. The Morgan fingerprint density at radius 2 is 1.42 bits per heavy atom. The molecule has 4 aliphatic rings. The van der Waals surface area contributed by atoms with Crippen LogP contribution in [0.1, 0.15) is 88.2 Å².